The molecule has 0 amide bonds. The molecule has 0 aliphatic carbocycles. The minimum absolute atomic E-state index is 0.251. The van der Waals surface area contributed by atoms with Crippen molar-refractivity contribution in [3.05, 3.63) is 53.9 Å². The molecule has 3 N–H and O–H groups in total. The molecular formula is C23H31N5O2. The van der Waals surface area contributed by atoms with Crippen molar-refractivity contribution in [2.75, 3.05) is 26.7 Å². The molecule has 7 nitrogen and oxygen atoms in total. The van der Waals surface area contributed by atoms with Gasteiger partial charge in [-0.3, -0.25) is 4.99 Å². The molecule has 0 unspecified atom stereocenters. The first-order valence-electron chi connectivity index (χ1n) is 10.4. The van der Waals surface area contributed by atoms with Crippen LogP contribution in [0.2, 0.25) is 0 Å². The van der Waals surface area contributed by atoms with Gasteiger partial charge in [-0.2, -0.15) is 0 Å². The van der Waals surface area contributed by atoms with Gasteiger partial charge in [0, 0.05) is 32.2 Å². The van der Waals surface area contributed by atoms with E-state index in [1.807, 2.05) is 44.2 Å². The summed E-state index contributed by atoms with van der Waals surface area (Å²) in [5.74, 6) is 2.73. The van der Waals surface area contributed by atoms with E-state index >= 15 is 0 Å². The molecule has 0 saturated carbocycles. The predicted octanol–water partition coefficient (Wildman–Crippen LogP) is 3.25. The first-order chi connectivity index (χ1) is 14.6. The lowest BCUT2D eigenvalue weighted by atomic mass is 10.1. The number of hydrogen-bond donors (Lipinski definition) is 3. The lowest BCUT2D eigenvalue weighted by molar-refractivity contribution is 0.406. The van der Waals surface area contributed by atoms with Gasteiger partial charge in [0.1, 0.15) is 17.3 Å². The number of ether oxygens (including phenoxy) is 1. The van der Waals surface area contributed by atoms with Crippen LogP contribution < -0.4 is 15.4 Å². The number of fused-ring (bicyclic) bond motifs is 1. The van der Waals surface area contributed by atoms with Crippen LogP contribution in [-0.4, -0.2) is 47.4 Å². The van der Waals surface area contributed by atoms with Gasteiger partial charge < -0.3 is 25.0 Å². The molecule has 3 aromatic rings. The third kappa shape index (κ3) is 5.43. The Morgan fingerprint density at radius 1 is 1.20 bits per heavy atom. The molecule has 0 aliphatic rings. The Morgan fingerprint density at radius 3 is 2.80 bits per heavy atom. The van der Waals surface area contributed by atoms with Gasteiger partial charge in [-0.1, -0.05) is 18.2 Å². The first-order valence-corrected chi connectivity index (χ1v) is 10.4. The molecular weight excluding hydrogens is 378 g/mol. The topological polar surface area (TPSA) is 83.7 Å². The number of aromatic nitrogens is 2. The Balaban J connectivity index is 1.51. The lowest BCUT2D eigenvalue weighted by Crippen LogP contribution is -2.38. The largest absolute Gasteiger partial charge is 0.508 e. The Kier molecular flexibility index (Phi) is 7.54. The van der Waals surface area contributed by atoms with Crippen molar-refractivity contribution in [2.24, 2.45) is 4.99 Å². The highest BCUT2D eigenvalue weighted by molar-refractivity contribution is 5.79. The van der Waals surface area contributed by atoms with E-state index in [1.165, 1.54) is 5.52 Å². The molecule has 0 saturated heterocycles. The van der Waals surface area contributed by atoms with E-state index in [1.54, 1.807) is 13.2 Å². The summed E-state index contributed by atoms with van der Waals surface area (Å²) in [5.41, 5.74) is 3.08. The van der Waals surface area contributed by atoms with Gasteiger partial charge in [0.25, 0.3) is 0 Å². The monoisotopic (exact) mass is 409 g/mol. The van der Waals surface area contributed by atoms with E-state index in [-0.39, 0.29) is 5.75 Å². The molecule has 1 aromatic heterocycles. The number of aromatic hydroxyl groups is 1. The fourth-order valence-electron chi connectivity index (χ4n) is 3.44. The highest BCUT2D eigenvalue weighted by Crippen LogP contribution is 2.23. The first kappa shape index (κ1) is 21.5. The maximum Gasteiger partial charge on any atom is 0.191 e. The molecule has 0 spiro atoms. The number of imidazole rings is 1. The van der Waals surface area contributed by atoms with Crippen LogP contribution in [0.1, 0.15) is 24.7 Å². The number of benzene rings is 2. The number of nitrogens with one attached hydrogen (secondary N) is 2. The van der Waals surface area contributed by atoms with Crippen LogP contribution in [0.25, 0.3) is 11.0 Å². The van der Waals surface area contributed by atoms with Crippen molar-refractivity contribution in [1.82, 2.24) is 20.2 Å². The summed E-state index contributed by atoms with van der Waals surface area (Å²) >= 11 is 0. The predicted molar refractivity (Wildman–Crippen MR) is 121 cm³/mol. The minimum atomic E-state index is 0.251. The zero-order valence-electron chi connectivity index (χ0n) is 18.0. The Labute approximate surface area is 177 Å². The van der Waals surface area contributed by atoms with E-state index < -0.39 is 0 Å². The lowest BCUT2D eigenvalue weighted by Gasteiger charge is -2.12. The molecule has 0 aliphatic heterocycles. The third-order valence-corrected chi connectivity index (χ3v) is 4.98. The number of aryl methyl sites for hydroxylation is 2. The summed E-state index contributed by atoms with van der Waals surface area (Å²) in [6.07, 6.45) is 1.62. The van der Waals surface area contributed by atoms with Crippen molar-refractivity contribution < 1.29 is 9.84 Å². The summed E-state index contributed by atoms with van der Waals surface area (Å²) in [6, 6.07) is 13.6. The number of phenols is 1. The standard InChI is InChI=1S/C23H31N5O2/c1-4-24-23(26-14-12-18-10-11-19(30-3)16-22(18)29)25-13-7-15-28-17(2)27-20-8-5-6-9-21(20)28/h5-6,8-11,16,29H,4,7,12-15H2,1-3H3,(H2,24,25,26). The summed E-state index contributed by atoms with van der Waals surface area (Å²) in [7, 11) is 1.59. The van der Waals surface area contributed by atoms with Crippen LogP contribution in [0.5, 0.6) is 11.5 Å². The van der Waals surface area contributed by atoms with Crippen LogP contribution in [0.15, 0.2) is 47.5 Å². The highest BCUT2D eigenvalue weighted by atomic mass is 16.5. The Hall–Kier alpha value is -3.22. The summed E-state index contributed by atoms with van der Waals surface area (Å²) in [4.78, 5) is 9.30. The molecule has 160 valence electrons. The molecule has 30 heavy (non-hydrogen) atoms. The Morgan fingerprint density at radius 2 is 2.03 bits per heavy atom. The van der Waals surface area contributed by atoms with Crippen LogP contribution in [0.3, 0.4) is 0 Å². The molecule has 0 radical (unpaired) electrons. The van der Waals surface area contributed by atoms with Gasteiger partial charge in [-0.25, -0.2) is 4.98 Å². The second-order valence-electron chi connectivity index (χ2n) is 7.08. The van der Waals surface area contributed by atoms with E-state index in [9.17, 15) is 5.11 Å². The zero-order valence-corrected chi connectivity index (χ0v) is 18.0. The van der Waals surface area contributed by atoms with E-state index in [0.717, 1.165) is 48.9 Å². The van der Waals surface area contributed by atoms with Gasteiger partial charge in [0.15, 0.2) is 5.96 Å². The third-order valence-electron chi connectivity index (χ3n) is 4.98. The molecule has 3 rings (SSSR count). The number of nitrogens with zero attached hydrogens (tertiary/aromatic N) is 3. The normalized spacial score (nSPS) is 11.6. The van der Waals surface area contributed by atoms with E-state index in [4.69, 9.17) is 4.74 Å². The van der Waals surface area contributed by atoms with Gasteiger partial charge in [-0.05, 0) is 50.5 Å². The average molecular weight is 410 g/mol. The smallest absolute Gasteiger partial charge is 0.191 e. The van der Waals surface area contributed by atoms with Gasteiger partial charge >= 0.3 is 0 Å². The van der Waals surface area contributed by atoms with Crippen LogP contribution >= 0.6 is 0 Å². The minimum Gasteiger partial charge on any atom is -0.508 e. The van der Waals surface area contributed by atoms with Crippen molar-refractivity contribution >= 4 is 17.0 Å². The molecule has 0 fully saturated rings. The van der Waals surface area contributed by atoms with Crippen molar-refractivity contribution in [1.29, 1.82) is 0 Å². The zero-order chi connectivity index (χ0) is 21.3. The maximum absolute atomic E-state index is 10.1. The SMILES string of the molecule is CCNC(=NCCCn1c(C)nc2ccccc21)NCCc1ccc(OC)cc1O. The second-order valence-corrected chi connectivity index (χ2v) is 7.08. The van der Waals surface area contributed by atoms with Crippen LogP contribution in [0, 0.1) is 6.92 Å². The van der Waals surface area contributed by atoms with Crippen molar-refractivity contribution in [2.45, 2.75) is 33.2 Å². The Bertz CT molecular complexity index is 996. The fourth-order valence-corrected chi connectivity index (χ4v) is 3.44. The molecule has 1 heterocycles. The molecule has 7 heteroatoms. The molecule has 0 atom stereocenters. The number of phenolic OH excluding ortho intramolecular Hbond substituents is 1. The quantitative estimate of drug-likeness (QED) is 0.287. The number of hydrogen-bond acceptors (Lipinski definition) is 4. The van der Waals surface area contributed by atoms with E-state index in [0.29, 0.717) is 18.7 Å². The van der Waals surface area contributed by atoms with Crippen LogP contribution in [0.4, 0.5) is 0 Å². The van der Waals surface area contributed by atoms with Crippen LogP contribution in [-0.2, 0) is 13.0 Å². The number of rotatable bonds is 9. The maximum atomic E-state index is 10.1. The number of guanidine groups is 1. The summed E-state index contributed by atoms with van der Waals surface area (Å²) < 4.78 is 7.37. The fraction of sp³-hybridized carbons (Fsp3) is 0.391. The summed E-state index contributed by atoms with van der Waals surface area (Å²) in [5, 5.41) is 16.7. The number of aliphatic imine (C=N–C) groups is 1. The highest BCUT2D eigenvalue weighted by Gasteiger charge is 2.06. The van der Waals surface area contributed by atoms with Gasteiger partial charge in [-0.15, -0.1) is 0 Å². The average Bonchev–Trinajstić information content (AvgIpc) is 3.07. The van der Waals surface area contributed by atoms with Gasteiger partial charge in [0.05, 0.1) is 18.1 Å². The second kappa shape index (κ2) is 10.5. The number of para-hydroxylation sites is 2. The van der Waals surface area contributed by atoms with E-state index in [2.05, 4.69) is 31.2 Å². The van der Waals surface area contributed by atoms with Crippen molar-refractivity contribution in [3.8, 4) is 11.5 Å². The van der Waals surface area contributed by atoms with Gasteiger partial charge in [0.2, 0.25) is 0 Å². The molecule has 2 aromatic carbocycles. The molecule has 0 bridgehead atoms. The number of methoxy groups -OCH3 is 1. The summed E-state index contributed by atoms with van der Waals surface area (Å²) in [6.45, 7) is 7.17. The van der Waals surface area contributed by atoms with Crippen molar-refractivity contribution in [3.63, 3.8) is 0 Å².